The fourth-order valence-electron chi connectivity index (χ4n) is 4.01. The standard InChI is InChI=1S/C19H15NO2/c21-19(22)18-14-10-20-15-8-4-1-5-11(15)9-16(20)12-6-2-3-7-13(12)17(14)18/h1,4-5,8-10H,2-3,6-7H2,(H,21,22). The molecular formula is C19H15NO2. The molecule has 3 heteroatoms. The number of carboxylic acid groups (broad SMARTS) is 1. The highest BCUT2D eigenvalue weighted by Gasteiger charge is 2.41. The third kappa shape index (κ3) is 1.43. The zero-order valence-corrected chi connectivity index (χ0v) is 12.1. The quantitative estimate of drug-likeness (QED) is 0.854. The van der Waals surface area contributed by atoms with Gasteiger partial charge in [0.1, 0.15) is 0 Å². The average Bonchev–Trinajstić information content (AvgIpc) is 3.16. The highest BCUT2D eigenvalue weighted by molar-refractivity contribution is 6.10. The van der Waals surface area contributed by atoms with Gasteiger partial charge in [-0.15, -0.1) is 0 Å². The Hall–Kier alpha value is -2.55. The van der Waals surface area contributed by atoms with Gasteiger partial charge in [-0.1, -0.05) is 18.2 Å². The Balaban J connectivity index is 1.86. The first-order valence-corrected chi connectivity index (χ1v) is 7.78. The van der Waals surface area contributed by atoms with Gasteiger partial charge >= 0.3 is 5.97 Å². The van der Waals surface area contributed by atoms with E-state index in [1.807, 2.05) is 12.3 Å². The maximum absolute atomic E-state index is 11.5. The molecule has 3 nitrogen and oxygen atoms in total. The molecule has 108 valence electrons. The molecule has 1 aromatic heterocycles. The number of hydrogen-bond acceptors (Lipinski definition) is 1. The smallest absolute Gasteiger partial charge is 0.337 e. The Bertz CT molecular complexity index is 953. The molecule has 0 bridgehead atoms. The zero-order valence-electron chi connectivity index (χ0n) is 12.1. The molecule has 2 heterocycles. The van der Waals surface area contributed by atoms with E-state index in [1.165, 1.54) is 28.6 Å². The molecule has 0 fully saturated rings. The minimum absolute atomic E-state index is 0.526. The van der Waals surface area contributed by atoms with E-state index in [0.717, 1.165) is 35.9 Å². The van der Waals surface area contributed by atoms with E-state index >= 15 is 0 Å². The first-order chi connectivity index (χ1) is 10.8. The van der Waals surface area contributed by atoms with E-state index in [9.17, 15) is 9.90 Å². The molecule has 1 aliphatic heterocycles. The van der Waals surface area contributed by atoms with E-state index in [1.54, 1.807) is 0 Å². The first-order valence-electron chi connectivity index (χ1n) is 7.78. The molecular weight excluding hydrogens is 274 g/mol. The van der Waals surface area contributed by atoms with Crippen molar-refractivity contribution < 1.29 is 9.90 Å². The van der Waals surface area contributed by atoms with Crippen molar-refractivity contribution in [3.8, 4) is 0 Å². The molecule has 0 saturated carbocycles. The summed E-state index contributed by atoms with van der Waals surface area (Å²) in [7, 11) is 0. The van der Waals surface area contributed by atoms with Crippen LogP contribution in [0.3, 0.4) is 0 Å². The fraction of sp³-hybridized carbons (Fsp3) is 0.211. The number of aromatic nitrogens is 1. The summed E-state index contributed by atoms with van der Waals surface area (Å²) >= 11 is 0. The Labute approximate surface area is 127 Å². The van der Waals surface area contributed by atoms with Crippen LogP contribution in [0.5, 0.6) is 0 Å². The Morgan fingerprint density at radius 3 is 2.68 bits per heavy atom. The van der Waals surface area contributed by atoms with Crippen molar-refractivity contribution in [3.63, 3.8) is 0 Å². The number of carbonyl (C=O) groups is 1. The lowest BCUT2D eigenvalue weighted by molar-refractivity contribution is -0.131. The van der Waals surface area contributed by atoms with E-state index in [0.29, 0.717) is 5.57 Å². The van der Waals surface area contributed by atoms with Crippen molar-refractivity contribution in [2.45, 2.75) is 25.7 Å². The lowest BCUT2D eigenvalue weighted by Crippen LogP contribution is -2.02. The molecule has 1 aromatic carbocycles. The van der Waals surface area contributed by atoms with Crippen molar-refractivity contribution in [3.05, 3.63) is 58.3 Å². The number of aliphatic carboxylic acids is 1. The van der Waals surface area contributed by atoms with Crippen molar-refractivity contribution in [2.75, 3.05) is 0 Å². The summed E-state index contributed by atoms with van der Waals surface area (Å²) in [4.78, 5) is 11.5. The van der Waals surface area contributed by atoms with Crippen molar-refractivity contribution in [1.82, 2.24) is 4.57 Å². The van der Waals surface area contributed by atoms with Crippen LogP contribution in [0.4, 0.5) is 0 Å². The van der Waals surface area contributed by atoms with Crippen LogP contribution in [-0.4, -0.2) is 15.6 Å². The van der Waals surface area contributed by atoms with E-state index in [-0.39, 0.29) is 0 Å². The second-order valence-electron chi connectivity index (χ2n) is 6.22. The van der Waals surface area contributed by atoms with Crippen LogP contribution in [0.15, 0.2) is 52.6 Å². The monoisotopic (exact) mass is 289 g/mol. The Morgan fingerprint density at radius 1 is 1.09 bits per heavy atom. The van der Waals surface area contributed by atoms with Crippen molar-refractivity contribution in [2.24, 2.45) is 0 Å². The topological polar surface area (TPSA) is 42.2 Å². The second-order valence-corrected chi connectivity index (χ2v) is 6.22. The van der Waals surface area contributed by atoms with Gasteiger partial charge in [0, 0.05) is 28.4 Å². The second kappa shape index (κ2) is 4.01. The number of nitrogens with zero attached hydrogens (tertiary/aromatic N) is 1. The van der Waals surface area contributed by atoms with Crippen LogP contribution in [0, 0.1) is 0 Å². The first kappa shape index (κ1) is 12.0. The fourth-order valence-corrected chi connectivity index (χ4v) is 4.01. The van der Waals surface area contributed by atoms with E-state index < -0.39 is 5.97 Å². The number of rotatable bonds is 1. The van der Waals surface area contributed by atoms with Gasteiger partial charge < -0.3 is 9.67 Å². The molecule has 0 atom stereocenters. The summed E-state index contributed by atoms with van der Waals surface area (Å²) in [6.07, 6.45) is 6.41. The summed E-state index contributed by atoms with van der Waals surface area (Å²) in [6.45, 7) is 0. The molecule has 0 saturated heterocycles. The average molecular weight is 289 g/mol. The largest absolute Gasteiger partial charge is 0.478 e. The number of benzene rings is 1. The zero-order chi connectivity index (χ0) is 14.8. The van der Waals surface area contributed by atoms with Gasteiger partial charge in [-0.05, 0) is 49.0 Å². The Morgan fingerprint density at radius 2 is 1.86 bits per heavy atom. The Kier molecular flexibility index (Phi) is 2.19. The molecule has 0 amide bonds. The molecule has 22 heavy (non-hydrogen) atoms. The number of para-hydroxylation sites is 1. The van der Waals surface area contributed by atoms with Crippen LogP contribution in [0.2, 0.25) is 0 Å². The number of hydrogen-bond donors (Lipinski definition) is 1. The summed E-state index contributed by atoms with van der Waals surface area (Å²) < 4.78 is 2.19. The van der Waals surface area contributed by atoms with Gasteiger partial charge in [-0.2, -0.15) is 0 Å². The molecule has 1 N–H and O–H groups in total. The predicted molar refractivity (Wildman–Crippen MR) is 86.3 cm³/mol. The predicted octanol–water partition coefficient (Wildman–Crippen LogP) is 4.22. The van der Waals surface area contributed by atoms with Gasteiger partial charge in [0.25, 0.3) is 0 Å². The number of fused-ring (bicyclic) bond motifs is 6. The van der Waals surface area contributed by atoms with Crippen molar-refractivity contribution >= 4 is 28.6 Å². The summed E-state index contributed by atoms with van der Waals surface area (Å²) in [6, 6.07) is 10.6. The molecule has 0 unspecified atom stereocenters. The molecule has 0 spiro atoms. The normalized spacial score (nSPS) is 19.4. The van der Waals surface area contributed by atoms with Crippen LogP contribution >= 0.6 is 0 Å². The maximum Gasteiger partial charge on any atom is 0.337 e. The molecule has 2 aromatic rings. The highest BCUT2D eigenvalue weighted by atomic mass is 16.4. The van der Waals surface area contributed by atoms with Crippen molar-refractivity contribution in [1.29, 1.82) is 0 Å². The van der Waals surface area contributed by atoms with Crippen LogP contribution in [0.25, 0.3) is 22.7 Å². The summed E-state index contributed by atoms with van der Waals surface area (Å²) in [5, 5.41) is 10.7. The molecule has 5 rings (SSSR count). The van der Waals surface area contributed by atoms with Gasteiger partial charge in [-0.3, -0.25) is 0 Å². The van der Waals surface area contributed by atoms with Crippen LogP contribution in [0.1, 0.15) is 31.4 Å². The number of carboxylic acids is 1. The van der Waals surface area contributed by atoms with Gasteiger partial charge in [0.2, 0.25) is 0 Å². The third-order valence-corrected chi connectivity index (χ3v) is 5.03. The molecule has 0 radical (unpaired) electrons. The van der Waals surface area contributed by atoms with Crippen LogP contribution in [-0.2, 0) is 4.79 Å². The van der Waals surface area contributed by atoms with Gasteiger partial charge in [-0.25, -0.2) is 4.79 Å². The van der Waals surface area contributed by atoms with E-state index in [2.05, 4.69) is 28.8 Å². The van der Waals surface area contributed by atoms with Crippen LogP contribution < -0.4 is 0 Å². The number of allylic oxidation sites excluding steroid dienone is 3. The highest BCUT2D eigenvalue weighted by Crippen LogP contribution is 2.53. The SMILES string of the molecule is O=C(O)C1=C2C1=Cn1c(cc3ccccc31)C1=C2CCCC1. The van der Waals surface area contributed by atoms with Gasteiger partial charge in [0.15, 0.2) is 0 Å². The summed E-state index contributed by atoms with van der Waals surface area (Å²) in [5.41, 5.74) is 7.47. The lowest BCUT2D eigenvalue weighted by atomic mass is 9.88. The maximum atomic E-state index is 11.5. The van der Waals surface area contributed by atoms with E-state index in [4.69, 9.17) is 0 Å². The third-order valence-electron chi connectivity index (χ3n) is 5.03. The summed E-state index contributed by atoms with van der Waals surface area (Å²) in [5.74, 6) is -0.793. The molecule has 2 aliphatic carbocycles. The minimum atomic E-state index is -0.793. The molecule has 3 aliphatic rings. The lowest BCUT2D eigenvalue weighted by Gasteiger charge is -2.18. The van der Waals surface area contributed by atoms with Gasteiger partial charge in [0.05, 0.1) is 11.1 Å². The minimum Gasteiger partial charge on any atom is -0.478 e.